The first kappa shape index (κ1) is 13.6. The van der Waals surface area contributed by atoms with Crippen LogP contribution in [0.15, 0.2) is 24.3 Å². The number of rotatable bonds is 1. The highest BCUT2D eigenvalue weighted by molar-refractivity contribution is 7.99. The van der Waals surface area contributed by atoms with E-state index in [0.29, 0.717) is 0 Å². The van der Waals surface area contributed by atoms with Gasteiger partial charge in [-0.1, -0.05) is 24.6 Å². The summed E-state index contributed by atoms with van der Waals surface area (Å²) in [7, 11) is 0. The molecule has 2 heterocycles. The van der Waals surface area contributed by atoms with Crippen LogP contribution in [0.1, 0.15) is 42.2 Å². The van der Waals surface area contributed by atoms with E-state index in [9.17, 15) is 0 Å². The molecule has 0 amide bonds. The summed E-state index contributed by atoms with van der Waals surface area (Å²) in [5.41, 5.74) is 5.43. The first-order valence-corrected chi connectivity index (χ1v) is 9.19. The van der Waals surface area contributed by atoms with Gasteiger partial charge in [-0.05, 0) is 42.9 Å². The normalized spacial score (nSPS) is 22.8. The van der Waals surface area contributed by atoms with Crippen LogP contribution in [0.5, 0.6) is 0 Å². The van der Waals surface area contributed by atoms with Crippen LogP contribution >= 0.6 is 11.8 Å². The molecule has 110 valence electrons. The second-order valence-corrected chi connectivity index (χ2v) is 7.11. The minimum absolute atomic E-state index is 0.253. The molecule has 21 heavy (non-hydrogen) atoms. The summed E-state index contributed by atoms with van der Waals surface area (Å²) in [5.74, 6) is 2.21. The molecule has 3 heteroatoms. The fourth-order valence-electron chi connectivity index (χ4n) is 3.61. The molecular formula is C18H21NOS. The Balaban J connectivity index is 1.93. The smallest absolute Gasteiger partial charge is 0.0925 e. The quantitative estimate of drug-likeness (QED) is 0.733. The van der Waals surface area contributed by atoms with Gasteiger partial charge in [0, 0.05) is 22.6 Å². The number of aromatic nitrogens is 1. The second kappa shape index (κ2) is 5.98. The summed E-state index contributed by atoms with van der Waals surface area (Å²) in [6.07, 6.45) is 6.45. The largest absolute Gasteiger partial charge is 0.372 e. The lowest BCUT2D eigenvalue weighted by Gasteiger charge is -2.27. The highest BCUT2D eigenvalue weighted by Crippen LogP contribution is 2.37. The third-order valence-electron chi connectivity index (χ3n) is 4.60. The second-order valence-electron chi connectivity index (χ2n) is 5.96. The molecule has 1 atom stereocenters. The van der Waals surface area contributed by atoms with Gasteiger partial charge in [-0.15, -0.1) is 0 Å². The van der Waals surface area contributed by atoms with Crippen LogP contribution in [-0.4, -0.2) is 23.1 Å². The number of para-hydroxylation sites is 1. The van der Waals surface area contributed by atoms with E-state index < -0.39 is 0 Å². The zero-order chi connectivity index (χ0) is 14.1. The van der Waals surface area contributed by atoms with Crippen molar-refractivity contribution in [2.24, 2.45) is 0 Å². The van der Waals surface area contributed by atoms with Crippen molar-refractivity contribution in [3.63, 3.8) is 0 Å². The Kier molecular flexibility index (Phi) is 3.87. The molecule has 4 rings (SSSR count). The number of benzene rings is 1. The predicted octanol–water partition coefficient (Wildman–Crippen LogP) is 4.31. The fourth-order valence-corrected chi connectivity index (χ4v) is 4.47. The van der Waals surface area contributed by atoms with E-state index in [1.54, 1.807) is 0 Å². The van der Waals surface area contributed by atoms with Gasteiger partial charge in [-0.25, -0.2) is 0 Å². The molecule has 2 aliphatic rings. The summed E-state index contributed by atoms with van der Waals surface area (Å²) in [6.45, 7) is 0.876. The van der Waals surface area contributed by atoms with Crippen LogP contribution in [0.3, 0.4) is 0 Å². The minimum atomic E-state index is 0.253. The Hall–Kier alpha value is -1.06. The molecule has 0 spiro atoms. The fraction of sp³-hybridized carbons (Fsp3) is 0.500. The van der Waals surface area contributed by atoms with Gasteiger partial charge < -0.3 is 4.74 Å². The first-order chi connectivity index (χ1) is 10.4. The van der Waals surface area contributed by atoms with Crippen LogP contribution in [0, 0.1) is 0 Å². The van der Waals surface area contributed by atoms with E-state index in [4.69, 9.17) is 9.72 Å². The van der Waals surface area contributed by atoms with E-state index in [2.05, 4.69) is 24.3 Å². The monoisotopic (exact) mass is 299 g/mol. The molecule has 1 aromatic heterocycles. The van der Waals surface area contributed by atoms with Gasteiger partial charge in [-0.3, -0.25) is 4.98 Å². The maximum absolute atomic E-state index is 6.13. The Morgan fingerprint density at radius 3 is 2.90 bits per heavy atom. The van der Waals surface area contributed by atoms with E-state index >= 15 is 0 Å². The number of nitrogens with zero attached hydrogens (tertiary/aromatic N) is 1. The van der Waals surface area contributed by atoms with E-state index in [0.717, 1.165) is 30.1 Å². The lowest BCUT2D eigenvalue weighted by molar-refractivity contribution is 0.0760. The van der Waals surface area contributed by atoms with Gasteiger partial charge >= 0.3 is 0 Å². The van der Waals surface area contributed by atoms with Gasteiger partial charge in [0.05, 0.1) is 18.2 Å². The number of thioether (sulfide) groups is 1. The lowest BCUT2D eigenvalue weighted by Crippen LogP contribution is -2.18. The standard InChI is InChI=1S/C18H21NOS/c1-2-6-13-15(8-3-1)19-16-9-5-4-7-14(16)18(13)17-12-21-11-10-20-17/h4-5,7,9,17H,1-3,6,8,10-12H2. The maximum Gasteiger partial charge on any atom is 0.0925 e. The Labute approximate surface area is 130 Å². The maximum atomic E-state index is 6.13. The molecule has 0 bridgehead atoms. The number of ether oxygens (including phenoxy) is 1. The van der Waals surface area contributed by atoms with Crippen LogP contribution in [0.4, 0.5) is 0 Å². The van der Waals surface area contributed by atoms with Crippen molar-refractivity contribution in [3.8, 4) is 0 Å². The average Bonchev–Trinajstić information content (AvgIpc) is 2.78. The number of hydrogen-bond acceptors (Lipinski definition) is 3. The summed E-state index contributed by atoms with van der Waals surface area (Å²) in [5, 5.41) is 1.31. The molecule has 2 aromatic rings. The number of pyridine rings is 1. The van der Waals surface area contributed by atoms with Gasteiger partial charge in [0.15, 0.2) is 0 Å². The van der Waals surface area contributed by atoms with Crippen molar-refractivity contribution in [2.75, 3.05) is 18.1 Å². The van der Waals surface area contributed by atoms with Gasteiger partial charge in [0.1, 0.15) is 0 Å². The van der Waals surface area contributed by atoms with Gasteiger partial charge in [0.25, 0.3) is 0 Å². The topological polar surface area (TPSA) is 22.1 Å². The first-order valence-electron chi connectivity index (χ1n) is 8.03. The minimum Gasteiger partial charge on any atom is -0.372 e. The molecule has 0 N–H and O–H groups in total. The third-order valence-corrected chi connectivity index (χ3v) is 5.60. The molecule has 0 radical (unpaired) electrons. The average molecular weight is 299 g/mol. The molecule has 1 saturated heterocycles. The molecule has 1 aromatic carbocycles. The van der Waals surface area contributed by atoms with Crippen molar-refractivity contribution in [3.05, 3.63) is 41.1 Å². The van der Waals surface area contributed by atoms with Crippen LogP contribution in [0.25, 0.3) is 10.9 Å². The van der Waals surface area contributed by atoms with E-state index in [-0.39, 0.29) is 6.10 Å². The Morgan fingerprint density at radius 1 is 1.10 bits per heavy atom. The highest BCUT2D eigenvalue weighted by Gasteiger charge is 2.25. The zero-order valence-electron chi connectivity index (χ0n) is 12.3. The van der Waals surface area contributed by atoms with Crippen LogP contribution in [-0.2, 0) is 17.6 Å². The summed E-state index contributed by atoms with van der Waals surface area (Å²) in [4.78, 5) is 4.97. The van der Waals surface area contributed by atoms with Crippen LogP contribution < -0.4 is 0 Å². The summed E-state index contributed by atoms with van der Waals surface area (Å²) < 4.78 is 6.13. The van der Waals surface area contributed by atoms with Crippen molar-refractivity contribution in [1.29, 1.82) is 0 Å². The van der Waals surface area contributed by atoms with Crippen LogP contribution in [0.2, 0.25) is 0 Å². The van der Waals surface area contributed by atoms with Crippen molar-refractivity contribution >= 4 is 22.7 Å². The third kappa shape index (κ3) is 2.58. The van der Waals surface area contributed by atoms with E-state index in [1.165, 1.54) is 47.9 Å². The number of hydrogen-bond donors (Lipinski definition) is 0. The lowest BCUT2D eigenvalue weighted by atomic mass is 9.94. The van der Waals surface area contributed by atoms with Gasteiger partial charge in [0.2, 0.25) is 0 Å². The SMILES string of the molecule is c1ccc2c(C3CSCCO3)c3c(nc2c1)CCCCC3. The summed E-state index contributed by atoms with van der Waals surface area (Å²) >= 11 is 2.02. The Morgan fingerprint density at radius 2 is 2.00 bits per heavy atom. The molecule has 1 aliphatic heterocycles. The predicted molar refractivity (Wildman–Crippen MR) is 89.0 cm³/mol. The Bertz CT molecular complexity index is 649. The van der Waals surface area contributed by atoms with E-state index in [1.807, 2.05) is 11.8 Å². The van der Waals surface area contributed by atoms with Crippen molar-refractivity contribution in [2.45, 2.75) is 38.2 Å². The summed E-state index contributed by atoms with van der Waals surface area (Å²) in [6, 6.07) is 8.61. The van der Waals surface area contributed by atoms with Crippen molar-refractivity contribution in [1.82, 2.24) is 4.98 Å². The molecular weight excluding hydrogens is 278 g/mol. The number of fused-ring (bicyclic) bond motifs is 2. The molecule has 1 fully saturated rings. The molecule has 1 aliphatic carbocycles. The number of aryl methyl sites for hydroxylation is 1. The molecule has 0 saturated carbocycles. The van der Waals surface area contributed by atoms with Gasteiger partial charge in [-0.2, -0.15) is 11.8 Å². The zero-order valence-corrected chi connectivity index (χ0v) is 13.1. The molecule has 1 unspecified atom stereocenters. The van der Waals surface area contributed by atoms with Crippen molar-refractivity contribution < 1.29 is 4.74 Å². The molecule has 2 nitrogen and oxygen atoms in total. The highest BCUT2D eigenvalue weighted by atomic mass is 32.2.